The summed E-state index contributed by atoms with van der Waals surface area (Å²) in [5, 5.41) is 0. The monoisotopic (exact) mass is 297 g/mol. The summed E-state index contributed by atoms with van der Waals surface area (Å²) in [5.74, 6) is 0.622. The lowest BCUT2D eigenvalue weighted by molar-refractivity contribution is 0.589. The van der Waals surface area contributed by atoms with Crippen LogP contribution in [-0.2, 0) is 0 Å². The van der Waals surface area contributed by atoms with Crippen molar-refractivity contribution in [2.75, 3.05) is 18.0 Å². The van der Waals surface area contributed by atoms with E-state index < -0.39 is 0 Å². The van der Waals surface area contributed by atoms with Crippen LogP contribution in [0.5, 0.6) is 0 Å². The van der Waals surface area contributed by atoms with Crippen LogP contribution in [0.1, 0.15) is 12.8 Å². The van der Waals surface area contributed by atoms with Crippen molar-refractivity contribution in [3.63, 3.8) is 0 Å². The molecule has 0 unspecified atom stereocenters. The smallest absolute Gasteiger partial charge is 0.203 e. The topological polar surface area (TPSA) is 31.9 Å². The van der Waals surface area contributed by atoms with Gasteiger partial charge in [-0.2, -0.15) is 0 Å². The molecule has 2 aromatic rings. The molecule has 0 atom stereocenters. The van der Waals surface area contributed by atoms with E-state index in [0.29, 0.717) is 4.83 Å². The Morgan fingerprint density at radius 3 is 2.88 bits per heavy atom. The molecule has 0 amide bonds. The number of nitrogens with zero attached hydrogens (tertiary/aromatic N) is 2. The summed E-state index contributed by atoms with van der Waals surface area (Å²) in [5.41, 5.74) is 1.59. The van der Waals surface area contributed by atoms with Crippen LogP contribution in [0.4, 0.5) is 10.3 Å². The number of alkyl halides is 1. The van der Waals surface area contributed by atoms with Crippen LogP contribution in [0.25, 0.3) is 11.0 Å². The van der Waals surface area contributed by atoms with Crippen LogP contribution in [-0.4, -0.2) is 27.9 Å². The molecule has 1 fully saturated rings. The van der Waals surface area contributed by atoms with Crippen molar-refractivity contribution < 1.29 is 4.39 Å². The molecule has 1 saturated heterocycles. The first kappa shape index (κ1) is 11.0. The zero-order valence-electron chi connectivity index (χ0n) is 9.29. The number of fused-ring (bicyclic) bond motifs is 1. The van der Waals surface area contributed by atoms with Gasteiger partial charge in [0.2, 0.25) is 5.95 Å². The third-order valence-electron chi connectivity index (χ3n) is 3.16. The lowest BCUT2D eigenvalue weighted by Crippen LogP contribution is -2.34. The van der Waals surface area contributed by atoms with Crippen LogP contribution < -0.4 is 4.90 Å². The van der Waals surface area contributed by atoms with Crippen molar-refractivity contribution in [1.82, 2.24) is 9.97 Å². The number of H-pyrrole nitrogens is 1. The molecule has 1 aliphatic heterocycles. The fourth-order valence-electron chi connectivity index (χ4n) is 2.18. The molecule has 0 bridgehead atoms. The van der Waals surface area contributed by atoms with E-state index in [0.717, 1.165) is 42.9 Å². The third-order valence-corrected chi connectivity index (χ3v) is 4.07. The van der Waals surface area contributed by atoms with Gasteiger partial charge in [-0.15, -0.1) is 0 Å². The first-order valence-electron chi connectivity index (χ1n) is 5.77. The second-order valence-electron chi connectivity index (χ2n) is 4.38. The van der Waals surface area contributed by atoms with Crippen LogP contribution >= 0.6 is 15.9 Å². The Morgan fingerprint density at radius 2 is 2.12 bits per heavy atom. The third kappa shape index (κ3) is 2.16. The average molecular weight is 298 g/mol. The fourth-order valence-corrected chi connectivity index (χ4v) is 2.59. The largest absolute Gasteiger partial charge is 0.342 e. The number of piperidine rings is 1. The number of rotatable bonds is 1. The highest BCUT2D eigenvalue weighted by molar-refractivity contribution is 9.09. The Kier molecular flexibility index (Phi) is 2.78. The highest BCUT2D eigenvalue weighted by Crippen LogP contribution is 2.23. The zero-order valence-corrected chi connectivity index (χ0v) is 10.9. The number of anilines is 1. The maximum atomic E-state index is 13.1. The minimum atomic E-state index is -0.230. The van der Waals surface area contributed by atoms with Crippen molar-refractivity contribution >= 4 is 32.9 Å². The van der Waals surface area contributed by atoms with Crippen molar-refractivity contribution in [2.45, 2.75) is 17.7 Å². The van der Waals surface area contributed by atoms with E-state index in [2.05, 4.69) is 30.8 Å². The van der Waals surface area contributed by atoms with Crippen LogP contribution in [0.3, 0.4) is 0 Å². The van der Waals surface area contributed by atoms with Crippen LogP contribution in [0.2, 0.25) is 0 Å². The Hall–Kier alpha value is -1.10. The molecule has 1 aliphatic rings. The minimum absolute atomic E-state index is 0.230. The molecule has 90 valence electrons. The number of aromatic nitrogens is 2. The van der Waals surface area contributed by atoms with E-state index in [1.165, 1.54) is 12.1 Å². The van der Waals surface area contributed by atoms with E-state index in [1.54, 1.807) is 6.07 Å². The zero-order chi connectivity index (χ0) is 11.8. The van der Waals surface area contributed by atoms with Crippen molar-refractivity contribution in [3.05, 3.63) is 24.0 Å². The molecule has 0 aliphatic carbocycles. The summed E-state index contributed by atoms with van der Waals surface area (Å²) in [7, 11) is 0. The molecule has 0 saturated carbocycles. The van der Waals surface area contributed by atoms with Gasteiger partial charge in [-0.05, 0) is 31.0 Å². The number of imidazole rings is 1. The second-order valence-corrected chi connectivity index (χ2v) is 5.68. The summed E-state index contributed by atoms with van der Waals surface area (Å²) in [6.45, 7) is 1.97. The summed E-state index contributed by atoms with van der Waals surface area (Å²) in [6, 6.07) is 4.64. The molecule has 0 spiro atoms. The van der Waals surface area contributed by atoms with Gasteiger partial charge in [-0.3, -0.25) is 0 Å². The summed E-state index contributed by atoms with van der Waals surface area (Å²) >= 11 is 3.63. The second kappa shape index (κ2) is 4.29. The summed E-state index contributed by atoms with van der Waals surface area (Å²) in [6.07, 6.45) is 2.23. The molecule has 2 heterocycles. The molecule has 5 heteroatoms. The van der Waals surface area contributed by atoms with E-state index in [1.807, 2.05) is 0 Å². The highest BCUT2D eigenvalue weighted by atomic mass is 79.9. The molecule has 0 radical (unpaired) electrons. The number of benzene rings is 1. The molecule has 3 rings (SSSR count). The Balaban J connectivity index is 1.90. The van der Waals surface area contributed by atoms with E-state index >= 15 is 0 Å². The van der Waals surface area contributed by atoms with Crippen molar-refractivity contribution in [2.24, 2.45) is 0 Å². The van der Waals surface area contributed by atoms with Crippen molar-refractivity contribution in [3.8, 4) is 0 Å². The SMILES string of the molecule is Fc1ccc2nc(N3CCC(Br)CC3)[nH]c2c1. The molecule has 3 nitrogen and oxygen atoms in total. The molecule has 1 aromatic heterocycles. The summed E-state index contributed by atoms with van der Waals surface area (Å²) in [4.78, 5) is 10.5. The van der Waals surface area contributed by atoms with Gasteiger partial charge in [0.15, 0.2) is 0 Å². The first-order valence-corrected chi connectivity index (χ1v) is 6.68. The maximum Gasteiger partial charge on any atom is 0.203 e. The first-order chi connectivity index (χ1) is 8.22. The molecule has 1 N–H and O–H groups in total. The van der Waals surface area contributed by atoms with E-state index in [4.69, 9.17) is 0 Å². The van der Waals surface area contributed by atoms with Crippen molar-refractivity contribution in [1.29, 1.82) is 0 Å². The molecule has 1 aromatic carbocycles. The number of hydrogen-bond donors (Lipinski definition) is 1. The van der Waals surface area contributed by atoms with E-state index in [-0.39, 0.29) is 5.82 Å². The number of halogens is 2. The van der Waals surface area contributed by atoms with Crippen LogP contribution in [0, 0.1) is 5.82 Å². The Bertz CT molecular complexity index is 532. The van der Waals surface area contributed by atoms with Gasteiger partial charge in [0.1, 0.15) is 5.82 Å². The average Bonchev–Trinajstić information content (AvgIpc) is 2.72. The maximum absolute atomic E-state index is 13.1. The number of hydrogen-bond acceptors (Lipinski definition) is 2. The molecular weight excluding hydrogens is 285 g/mol. The Morgan fingerprint density at radius 1 is 1.35 bits per heavy atom. The molecular formula is C12H13BrFN3. The number of nitrogens with one attached hydrogen (secondary N) is 1. The lowest BCUT2D eigenvalue weighted by atomic mass is 10.1. The molecule has 17 heavy (non-hydrogen) atoms. The van der Waals surface area contributed by atoms with Gasteiger partial charge < -0.3 is 9.88 Å². The predicted octanol–water partition coefficient (Wildman–Crippen LogP) is 3.07. The highest BCUT2D eigenvalue weighted by Gasteiger charge is 2.19. The van der Waals surface area contributed by atoms with Gasteiger partial charge in [-0.1, -0.05) is 15.9 Å². The van der Waals surface area contributed by atoms with E-state index in [9.17, 15) is 4.39 Å². The fraction of sp³-hybridized carbons (Fsp3) is 0.417. The van der Waals surface area contributed by atoms with Gasteiger partial charge in [-0.25, -0.2) is 9.37 Å². The van der Waals surface area contributed by atoms with Gasteiger partial charge in [0, 0.05) is 17.9 Å². The van der Waals surface area contributed by atoms with Gasteiger partial charge in [0.25, 0.3) is 0 Å². The van der Waals surface area contributed by atoms with Gasteiger partial charge >= 0.3 is 0 Å². The van der Waals surface area contributed by atoms with Gasteiger partial charge in [0.05, 0.1) is 11.0 Å². The normalized spacial score (nSPS) is 17.9. The summed E-state index contributed by atoms with van der Waals surface area (Å²) < 4.78 is 13.1. The lowest BCUT2D eigenvalue weighted by Gasteiger charge is -2.28. The number of aromatic amines is 1. The quantitative estimate of drug-likeness (QED) is 0.821. The Labute approximate surface area is 107 Å². The predicted molar refractivity (Wildman–Crippen MR) is 70.2 cm³/mol. The standard InChI is InChI=1S/C12H13BrFN3/c13-8-3-5-17(6-4-8)12-15-10-2-1-9(14)7-11(10)16-12/h1-2,7-8H,3-6H2,(H,15,16). The van der Waals surface area contributed by atoms with Crippen LogP contribution in [0.15, 0.2) is 18.2 Å². The minimum Gasteiger partial charge on any atom is -0.342 e.